The van der Waals surface area contributed by atoms with Crippen molar-refractivity contribution in [1.82, 2.24) is 10.2 Å². The second-order valence-corrected chi connectivity index (χ2v) is 4.46. The maximum absolute atomic E-state index is 11.4. The minimum Gasteiger partial charge on any atom is -0.352 e. The number of hydrogen-bond acceptors (Lipinski definition) is 2. The van der Waals surface area contributed by atoms with Crippen LogP contribution in [-0.2, 0) is 4.79 Å². The van der Waals surface area contributed by atoms with Gasteiger partial charge >= 0.3 is 0 Å². The summed E-state index contributed by atoms with van der Waals surface area (Å²) in [5.74, 6) is 0.223. The quantitative estimate of drug-likeness (QED) is 0.753. The molecule has 3 nitrogen and oxygen atoms in total. The van der Waals surface area contributed by atoms with E-state index in [4.69, 9.17) is 0 Å². The molecule has 1 aliphatic heterocycles. The Morgan fingerprint density at radius 2 is 2.20 bits per heavy atom. The van der Waals surface area contributed by atoms with Gasteiger partial charge in [0.2, 0.25) is 5.91 Å². The Bertz CT molecular complexity index is 192. The number of nitrogens with zero attached hydrogens (tertiary/aromatic N) is 1. The van der Waals surface area contributed by atoms with E-state index < -0.39 is 0 Å². The topological polar surface area (TPSA) is 32.3 Å². The Morgan fingerprint density at radius 1 is 1.40 bits per heavy atom. The average molecular weight is 212 g/mol. The minimum absolute atomic E-state index is 0.223. The van der Waals surface area contributed by atoms with Gasteiger partial charge in [-0.15, -0.1) is 0 Å². The van der Waals surface area contributed by atoms with Crippen LogP contribution in [0, 0.1) is 0 Å². The Hall–Kier alpha value is -0.570. The lowest BCUT2D eigenvalue weighted by Gasteiger charge is -2.32. The Balaban J connectivity index is 2.26. The molecule has 0 aliphatic carbocycles. The molecule has 0 aromatic heterocycles. The standard InChI is InChI=1S/C12H24N2O/c1-3-6-12(15)13-11-7-5-9-14(10-11)8-4-2/h11H,3-10H2,1-2H3,(H,13,15). The fraction of sp³-hybridized carbons (Fsp3) is 0.917. The minimum atomic E-state index is 0.223. The van der Waals surface area contributed by atoms with Gasteiger partial charge in [0.15, 0.2) is 0 Å². The summed E-state index contributed by atoms with van der Waals surface area (Å²) in [6.45, 7) is 7.67. The van der Waals surface area contributed by atoms with Gasteiger partial charge in [0, 0.05) is 19.0 Å². The van der Waals surface area contributed by atoms with Crippen molar-refractivity contribution in [3.8, 4) is 0 Å². The largest absolute Gasteiger partial charge is 0.352 e. The molecule has 0 saturated carbocycles. The number of carbonyl (C=O) groups is 1. The lowest BCUT2D eigenvalue weighted by Crippen LogP contribution is -2.47. The highest BCUT2D eigenvalue weighted by molar-refractivity contribution is 5.76. The highest BCUT2D eigenvalue weighted by Gasteiger charge is 2.20. The lowest BCUT2D eigenvalue weighted by molar-refractivity contribution is -0.122. The Morgan fingerprint density at radius 3 is 2.87 bits per heavy atom. The molecule has 0 aromatic carbocycles. The molecule has 1 saturated heterocycles. The van der Waals surface area contributed by atoms with Crippen molar-refractivity contribution in [3.05, 3.63) is 0 Å². The second-order valence-electron chi connectivity index (χ2n) is 4.46. The van der Waals surface area contributed by atoms with Crippen LogP contribution in [0.5, 0.6) is 0 Å². The first-order chi connectivity index (χ1) is 7.26. The Kier molecular flexibility index (Phi) is 5.69. The van der Waals surface area contributed by atoms with E-state index in [2.05, 4.69) is 17.1 Å². The van der Waals surface area contributed by atoms with Crippen molar-refractivity contribution >= 4 is 5.91 Å². The van der Waals surface area contributed by atoms with Crippen molar-refractivity contribution in [2.75, 3.05) is 19.6 Å². The smallest absolute Gasteiger partial charge is 0.220 e. The predicted molar refractivity (Wildman–Crippen MR) is 62.8 cm³/mol. The van der Waals surface area contributed by atoms with Crippen LogP contribution in [0.4, 0.5) is 0 Å². The molecule has 1 aliphatic rings. The highest BCUT2D eigenvalue weighted by atomic mass is 16.1. The molecule has 1 unspecified atom stereocenters. The number of rotatable bonds is 5. The first-order valence-corrected chi connectivity index (χ1v) is 6.28. The molecule has 1 fully saturated rings. The highest BCUT2D eigenvalue weighted by Crippen LogP contribution is 2.10. The zero-order chi connectivity index (χ0) is 11.1. The molecule has 0 spiro atoms. The number of hydrogen-bond donors (Lipinski definition) is 1. The summed E-state index contributed by atoms with van der Waals surface area (Å²) in [6.07, 6.45) is 5.18. The van der Waals surface area contributed by atoms with E-state index in [-0.39, 0.29) is 5.91 Å². The van der Waals surface area contributed by atoms with Gasteiger partial charge in [-0.25, -0.2) is 0 Å². The molecule has 0 bridgehead atoms. The van der Waals surface area contributed by atoms with Crippen LogP contribution in [-0.4, -0.2) is 36.5 Å². The van der Waals surface area contributed by atoms with Gasteiger partial charge in [0.1, 0.15) is 0 Å². The van der Waals surface area contributed by atoms with Gasteiger partial charge in [-0.1, -0.05) is 13.8 Å². The van der Waals surface area contributed by atoms with E-state index in [0.717, 1.165) is 19.4 Å². The van der Waals surface area contributed by atoms with Crippen LogP contribution in [0.15, 0.2) is 0 Å². The number of amides is 1. The van der Waals surface area contributed by atoms with Crippen molar-refractivity contribution in [3.63, 3.8) is 0 Å². The van der Waals surface area contributed by atoms with E-state index in [1.165, 1.54) is 25.9 Å². The van der Waals surface area contributed by atoms with Gasteiger partial charge in [0.25, 0.3) is 0 Å². The number of carbonyl (C=O) groups excluding carboxylic acids is 1. The van der Waals surface area contributed by atoms with E-state index in [0.29, 0.717) is 12.5 Å². The Labute approximate surface area is 93.2 Å². The molecule has 1 heterocycles. The molecule has 3 heteroatoms. The van der Waals surface area contributed by atoms with Gasteiger partial charge in [-0.3, -0.25) is 4.79 Å². The molecule has 1 atom stereocenters. The summed E-state index contributed by atoms with van der Waals surface area (Å²) < 4.78 is 0. The number of nitrogens with one attached hydrogen (secondary N) is 1. The molecular formula is C12H24N2O. The molecular weight excluding hydrogens is 188 g/mol. The van der Waals surface area contributed by atoms with Crippen LogP contribution < -0.4 is 5.32 Å². The summed E-state index contributed by atoms with van der Waals surface area (Å²) in [5.41, 5.74) is 0. The molecule has 1 amide bonds. The fourth-order valence-corrected chi connectivity index (χ4v) is 2.22. The molecule has 15 heavy (non-hydrogen) atoms. The average Bonchev–Trinajstić information content (AvgIpc) is 2.19. The van der Waals surface area contributed by atoms with Crippen LogP contribution >= 0.6 is 0 Å². The van der Waals surface area contributed by atoms with Gasteiger partial charge < -0.3 is 10.2 Å². The van der Waals surface area contributed by atoms with Gasteiger partial charge in [-0.05, 0) is 38.8 Å². The summed E-state index contributed by atoms with van der Waals surface area (Å²) in [4.78, 5) is 13.9. The summed E-state index contributed by atoms with van der Waals surface area (Å²) in [7, 11) is 0. The third-order valence-corrected chi connectivity index (χ3v) is 2.89. The first-order valence-electron chi connectivity index (χ1n) is 6.28. The second kappa shape index (κ2) is 6.83. The monoisotopic (exact) mass is 212 g/mol. The normalized spacial score (nSPS) is 22.7. The lowest BCUT2D eigenvalue weighted by atomic mass is 10.1. The van der Waals surface area contributed by atoms with Crippen LogP contribution in [0.25, 0.3) is 0 Å². The predicted octanol–water partition coefficient (Wildman–Crippen LogP) is 1.78. The van der Waals surface area contributed by atoms with E-state index >= 15 is 0 Å². The van der Waals surface area contributed by atoms with Crippen LogP contribution in [0.1, 0.15) is 46.0 Å². The SMILES string of the molecule is CCCC(=O)NC1CCCN(CCC)C1. The summed E-state index contributed by atoms with van der Waals surface area (Å²) in [5, 5.41) is 3.13. The molecule has 0 radical (unpaired) electrons. The zero-order valence-electron chi connectivity index (χ0n) is 10.1. The van der Waals surface area contributed by atoms with Crippen molar-refractivity contribution < 1.29 is 4.79 Å². The van der Waals surface area contributed by atoms with E-state index in [1.807, 2.05) is 6.92 Å². The maximum atomic E-state index is 11.4. The van der Waals surface area contributed by atoms with Crippen LogP contribution in [0.3, 0.4) is 0 Å². The van der Waals surface area contributed by atoms with Crippen molar-refractivity contribution in [1.29, 1.82) is 0 Å². The van der Waals surface area contributed by atoms with E-state index in [9.17, 15) is 4.79 Å². The van der Waals surface area contributed by atoms with E-state index in [1.54, 1.807) is 0 Å². The maximum Gasteiger partial charge on any atom is 0.220 e. The summed E-state index contributed by atoms with van der Waals surface area (Å²) >= 11 is 0. The zero-order valence-corrected chi connectivity index (χ0v) is 10.1. The summed E-state index contributed by atoms with van der Waals surface area (Å²) in [6, 6.07) is 0.393. The number of piperidine rings is 1. The molecule has 1 N–H and O–H groups in total. The third-order valence-electron chi connectivity index (χ3n) is 2.89. The first kappa shape index (κ1) is 12.5. The number of likely N-dealkylation sites (tertiary alicyclic amines) is 1. The van der Waals surface area contributed by atoms with Gasteiger partial charge in [0.05, 0.1) is 0 Å². The molecule has 0 aromatic rings. The molecule has 1 rings (SSSR count). The third kappa shape index (κ3) is 4.65. The van der Waals surface area contributed by atoms with Crippen molar-refractivity contribution in [2.24, 2.45) is 0 Å². The van der Waals surface area contributed by atoms with Crippen LogP contribution in [0.2, 0.25) is 0 Å². The van der Waals surface area contributed by atoms with Gasteiger partial charge in [-0.2, -0.15) is 0 Å². The fourth-order valence-electron chi connectivity index (χ4n) is 2.22. The molecule has 88 valence electrons. The van der Waals surface area contributed by atoms with Crippen molar-refractivity contribution in [2.45, 2.75) is 52.0 Å².